The van der Waals surface area contributed by atoms with E-state index in [1.54, 1.807) is 6.20 Å². The first-order valence-corrected chi connectivity index (χ1v) is 6.53. The highest BCUT2D eigenvalue weighted by atomic mass is 16.2. The van der Waals surface area contributed by atoms with Crippen LogP contribution >= 0.6 is 0 Å². The van der Waals surface area contributed by atoms with E-state index in [9.17, 15) is 4.79 Å². The van der Waals surface area contributed by atoms with E-state index in [1.165, 1.54) is 4.90 Å². The third kappa shape index (κ3) is 2.17. The van der Waals surface area contributed by atoms with Gasteiger partial charge in [-0.1, -0.05) is 0 Å². The highest BCUT2D eigenvalue weighted by Gasteiger charge is 2.30. The van der Waals surface area contributed by atoms with Crippen LogP contribution in [0.3, 0.4) is 0 Å². The first-order chi connectivity index (χ1) is 9.29. The molecule has 6 heteroatoms. The SMILES string of the molecule is N#CCN1C(=O)Cc2cnc(C3CCCNC3)nc21. The van der Waals surface area contributed by atoms with Crippen LogP contribution in [0.15, 0.2) is 6.20 Å². The standard InChI is InChI=1S/C13H15N5O/c14-3-5-18-11(19)6-10-8-16-12(17-13(10)18)9-2-1-4-15-7-9/h8-9,15H,1-2,4-7H2. The van der Waals surface area contributed by atoms with E-state index in [1.807, 2.05) is 6.07 Å². The second kappa shape index (κ2) is 4.94. The topological polar surface area (TPSA) is 81.9 Å². The molecule has 0 aliphatic carbocycles. The Hall–Kier alpha value is -2.00. The average Bonchev–Trinajstić information content (AvgIpc) is 2.76. The molecule has 1 fully saturated rings. The fourth-order valence-corrected chi connectivity index (χ4v) is 2.65. The molecule has 2 aliphatic rings. The molecule has 1 atom stereocenters. The number of piperidine rings is 1. The van der Waals surface area contributed by atoms with Crippen molar-refractivity contribution in [2.75, 3.05) is 24.5 Å². The quantitative estimate of drug-likeness (QED) is 0.773. The van der Waals surface area contributed by atoms with E-state index in [4.69, 9.17) is 5.26 Å². The Kier molecular flexibility index (Phi) is 3.13. The zero-order valence-corrected chi connectivity index (χ0v) is 10.6. The molecule has 1 amide bonds. The van der Waals surface area contributed by atoms with Crippen LogP contribution in [0.1, 0.15) is 30.1 Å². The van der Waals surface area contributed by atoms with Gasteiger partial charge in [0.2, 0.25) is 5.91 Å². The predicted octanol–water partition coefficient (Wildman–Crippen LogP) is 0.356. The van der Waals surface area contributed by atoms with Crippen molar-refractivity contribution >= 4 is 11.7 Å². The third-order valence-corrected chi connectivity index (χ3v) is 3.65. The molecular formula is C13H15N5O. The second-order valence-electron chi connectivity index (χ2n) is 4.94. The molecule has 1 unspecified atom stereocenters. The summed E-state index contributed by atoms with van der Waals surface area (Å²) in [5.41, 5.74) is 0.827. The minimum absolute atomic E-state index is 0.0607. The molecule has 0 radical (unpaired) electrons. The van der Waals surface area contributed by atoms with Crippen LogP contribution in [-0.2, 0) is 11.2 Å². The molecule has 0 aromatic carbocycles. The zero-order chi connectivity index (χ0) is 13.2. The molecule has 3 rings (SSSR count). The molecule has 6 nitrogen and oxygen atoms in total. The number of carbonyl (C=O) groups is 1. The molecule has 1 saturated heterocycles. The Morgan fingerprint density at radius 1 is 1.58 bits per heavy atom. The van der Waals surface area contributed by atoms with Crippen molar-refractivity contribution < 1.29 is 4.79 Å². The largest absolute Gasteiger partial charge is 0.316 e. The first-order valence-electron chi connectivity index (χ1n) is 6.53. The number of aromatic nitrogens is 2. The number of nitrogens with zero attached hydrogens (tertiary/aromatic N) is 4. The number of nitrogens with one attached hydrogen (secondary N) is 1. The summed E-state index contributed by atoms with van der Waals surface area (Å²) in [6.07, 6.45) is 4.23. The smallest absolute Gasteiger partial charge is 0.233 e. The van der Waals surface area contributed by atoms with Gasteiger partial charge in [0, 0.05) is 24.2 Å². The lowest BCUT2D eigenvalue weighted by Crippen LogP contribution is -2.30. The summed E-state index contributed by atoms with van der Waals surface area (Å²) in [5.74, 6) is 1.65. The van der Waals surface area contributed by atoms with Crippen molar-refractivity contribution in [2.45, 2.75) is 25.2 Å². The molecular weight excluding hydrogens is 242 g/mol. The van der Waals surface area contributed by atoms with Crippen LogP contribution < -0.4 is 10.2 Å². The monoisotopic (exact) mass is 257 g/mol. The minimum atomic E-state index is -0.0650. The number of hydrogen-bond donors (Lipinski definition) is 1. The lowest BCUT2D eigenvalue weighted by molar-refractivity contribution is -0.117. The van der Waals surface area contributed by atoms with Gasteiger partial charge in [0.1, 0.15) is 18.2 Å². The predicted molar refractivity (Wildman–Crippen MR) is 68.5 cm³/mol. The maximum Gasteiger partial charge on any atom is 0.233 e. The molecule has 3 heterocycles. The van der Waals surface area contributed by atoms with Crippen LogP contribution in [0.2, 0.25) is 0 Å². The molecule has 98 valence electrons. The maximum absolute atomic E-state index is 11.8. The second-order valence-corrected chi connectivity index (χ2v) is 4.94. The lowest BCUT2D eigenvalue weighted by atomic mass is 9.99. The Morgan fingerprint density at radius 2 is 2.47 bits per heavy atom. The number of rotatable bonds is 2. The van der Waals surface area contributed by atoms with Gasteiger partial charge in [0.25, 0.3) is 0 Å². The molecule has 1 aromatic rings. The summed E-state index contributed by atoms with van der Waals surface area (Å²) in [6, 6.07) is 2.01. The zero-order valence-electron chi connectivity index (χ0n) is 10.6. The molecule has 1 aromatic heterocycles. The fraction of sp³-hybridized carbons (Fsp3) is 0.538. The summed E-state index contributed by atoms with van der Waals surface area (Å²) in [6.45, 7) is 1.98. The van der Waals surface area contributed by atoms with Crippen molar-refractivity contribution in [3.63, 3.8) is 0 Å². The Morgan fingerprint density at radius 3 is 3.21 bits per heavy atom. The van der Waals surface area contributed by atoms with Gasteiger partial charge in [0.05, 0.1) is 12.5 Å². The van der Waals surface area contributed by atoms with E-state index < -0.39 is 0 Å². The number of anilines is 1. The summed E-state index contributed by atoms with van der Waals surface area (Å²) in [7, 11) is 0. The number of carbonyl (C=O) groups excluding carboxylic acids is 1. The van der Waals surface area contributed by atoms with Crippen molar-refractivity contribution in [1.29, 1.82) is 5.26 Å². The van der Waals surface area contributed by atoms with Crippen molar-refractivity contribution in [1.82, 2.24) is 15.3 Å². The third-order valence-electron chi connectivity index (χ3n) is 3.65. The van der Waals surface area contributed by atoms with Crippen molar-refractivity contribution in [3.05, 3.63) is 17.6 Å². The number of hydrogen-bond acceptors (Lipinski definition) is 5. The Bertz CT molecular complexity index is 544. The summed E-state index contributed by atoms with van der Waals surface area (Å²) < 4.78 is 0. The molecule has 1 N–H and O–H groups in total. The van der Waals surface area contributed by atoms with Crippen LogP contribution in [0, 0.1) is 11.3 Å². The normalized spacial score (nSPS) is 22.2. The molecule has 0 spiro atoms. The average molecular weight is 257 g/mol. The Labute approximate surface area is 111 Å². The molecule has 0 bridgehead atoms. The van der Waals surface area contributed by atoms with Crippen LogP contribution in [0.25, 0.3) is 0 Å². The lowest BCUT2D eigenvalue weighted by Gasteiger charge is -2.22. The molecule has 2 aliphatic heterocycles. The van der Waals surface area contributed by atoms with Crippen LogP contribution in [-0.4, -0.2) is 35.5 Å². The minimum Gasteiger partial charge on any atom is -0.316 e. The number of fused-ring (bicyclic) bond motifs is 1. The van der Waals surface area contributed by atoms with Crippen molar-refractivity contribution in [2.24, 2.45) is 0 Å². The molecule has 19 heavy (non-hydrogen) atoms. The molecule has 0 saturated carbocycles. The van der Waals surface area contributed by atoms with Gasteiger partial charge in [-0.2, -0.15) is 5.26 Å². The van der Waals surface area contributed by atoms with Crippen molar-refractivity contribution in [3.8, 4) is 6.07 Å². The van der Waals surface area contributed by atoms with Crippen LogP contribution in [0.5, 0.6) is 0 Å². The van der Waals surface area contributed by atoms with E-state index in [2.05, 4.69) is 15.3 Å². The highest BCUT2D eigenvalue weighted by Crippen LogP contribution is 2.28. The Balaban J connectivity index is 1.90. The van der Waals surface area contributed by atoms with E-state index in [0.29, 0.717) is 18.2 Å². The number of nitriles is 1. The maximum atomic E-state index is 11.8. The highest BCUT2D eigenvalue weighted by molar-refractivity contribution is 6.00. The van der Waals surface area contributed by atoms with Gasteiger partial charge < -0.3 is 5.32 Å². The fourth-order valence-electron chi connectivity index (χ4n) is 2.65. The van der Waals surface area contributed by atoms with Gasteiger partial charge in [-0.15, -0.1) is 0 Å². The van der Waals surface area contributed by atoms with Gasteiger partial charge in [-0.3, -0.25) is 9.69 Å². The van der Waals surface area contributed by atoms with E-state index >= 15 is 0 Å². The number of amides is 1. The summed E-state index contributed by atoms with van der Waals surface area (Å²) in [5, 5.41) is 12.1. The van der Waals surface area contributed by atoms with Gasteiger partial charge >= 0.3 is 0 Å². The van der Waals surface area contributed by atoms with Crippen LogP contribution in [0.4, 0.5) is 5.82 Å². The first kappa shape index (κ1) is 12.1. The van der Waals surface area contributed by atoms with Gasteiger partial charge in [0.15, 0.2) is 0 Å². The van der Waals surface area contributed by atoms with Gasteiger partial charge in [-0.25, -0.2) is 9.97 Å². The summed E-state index contributed by atoms with van der Waals surface area (Å²) in [4.78, 5) is 22.2. The van der Waals surface area contributed by atoms with E-state index in [0.717, 1.165) is 37.3 Å². The van der Waals surface area contributed by atoms with E-state index in [-0.39, 0.29) is 12.5 Å². The van der Waals surface area contributed by atoms with Gasteiger partial charge in [-0.05, 0) is 19.4 Å². The summed E-state index contributed by atoms with van der Waals surface area (Å²) >= 11 is 0.